The zero-order valence-corrected chi connectivity index (χ0v) is 29.7. The molecule has 12 heteroatoms. The Morgan fingerprint density at radius 2 is 1.73 bits per heavy atom. The van der Waals surface area contributed by atoms with Crippen molar-refractivity contribution in [3.63, 3.8) is 0 Å². The molecule has 0 aliphatic carbocycles. The van der Waals surface area contributed by atoms with E-state index in [1.54, 1.807) is 27.7 Å². The number of hydrogen-bond donors (Lipinski definition) is 5. The van der Waals surface area contributed by atoms with Gasteiger partial charge < -0.3 is 54.9 Å². The fourth-order valence-electron chi connectivity index (χ4n) is 7.21. The fraction of sp³-hybridized carbons (Fsp3) is 0.970. The highest BCUT2D eigenvalue weighted by molar-refractivity contribution is 5.73. The lowest BCUT2D eigenvalue weighted by Crippen LogP contribution is -2.60. The maximum absolute atomic E-state index is 13.4. The van der Waals surface area contributed by atoms with Crippen molar-refractivity contribution in [2.24, 2.45) is 23.5 Å². The standard InChI is InChI=1S/C33H65N3O9/c1-12-25-33(8,41)28(38)23(6)36(11)18-19(2)17-32(7,40)29(21(4)26(37)22(5)30(39)44-25)45-31-27(42-15-13-14-34)24(35(9)10)16-20(3)43-31/h19-29,31,37-38,40-41H,12-18,34H2,1-11H3/t19-,20?,21+,22-,23-,24+,25-,26+,27-,28-,29-,31+,32-,33-/m1/s1. The third-order valence-corrected chi connectivity index (χ3v) is 10.1. The van der Waals surface area contributed by atoms with Crippen molar-refractivity contribution in [1.29, 1.82) is 0 Å². The topological polar surface area (TPSA) is 167 Å². The summed E-state index contributed by atoms with van der Waals surface area (Å²) in [5.74, 6) is -2.57. The Hall–Kier alpha value is -0.930. The van der Waals surface area contributed by atoms with Gasteiger partial charge in [-0.1, -0.05) is 20.8 Å². The van der Waals surface area contributed by atoms with Crippen LogP contribution < -0.4 is 5.73 Å². The molecule has 0 spiro atoms. The fourth-order valence-corrected chi connectivity index (χ4v) is 7.21. The maximum atomic E-state index is 13.4. The lowest BCUT2D eigenvalue weighted by molar-refractivity contribution is -0.306. The highest BCUT2D eigenvalue weighted by Gasteiger charge is 2.50. The van der Waals surface area contributed by atoms with Gasteiger partial charge in [0.15, 0.2) is 6.29 Å². The number of rotatable bonds is 8. The summed E-state index contributed by atoms with van der Waals surface area (Å²) >= 11 is 0. The third-order valence-electron chi connectivity index (χ3n) is 10.1. The lowest BCUT2D eigenvalue weighted by atomic mass is 9.78. The van der Waals surface area contributed by atoms with Crippen LogP contribution in [-0.4, -0.2) is 143 Å². The maximum Gasteiger partial charge on any atom is 0.311 e. The third kappa shape index (κ3) is 10.0. The molecule has 0 aromatic carbocycles. The number of nitrogens with zero attached hydrogens (tertiary/aromatic N) is 2. The van der Waals surface area contributed by atoms with Crippen molar-refractivity contribution in [1.82, 2.24) is 9.80 Å². The van der Waals surface area contributed by atoms with Gasteiger partial charge in [0.25, 0.3) is 0 Å². The molecule has 2 fully saturated rings. The second kappa shape index (κ2) is 16.9. The molecule has 0 aromatic rings. The molecule has 2 aliphatic heterocycles. The first-order chi connectivity index (χ1) is 20.8. The van der Waals surface area contributed by atoms with Gasteiger partial charge in [0, 0.05) is 31.2 Å². The quantitative estimate of drug-likeness (QED) is 0.190. The molecule has 2 heterocycles. The first-order valence-electron chi connectivity index (χ1n) is 16.8. The van der Waals surface area contributed by atoms with Crippen LogP contribution in [-0.2, 0) is 23.7 Å². The van der Waals surface area contributed by atoms with Crippen molar-refractivity contribution in [3.8, 4) is 0 Å². The molecule has 6 N–H and O–H groups in total. The summed E-state index contributed by atoms with van der Waals surface area (Å²) in [6.07, 6.45) is -4.05. The van der Waals surface area contributed by atoms with Gasteiger partial charge in [0.2, 0.25) is 0 Å². The molecule has 2 saturated heterocycles. The van der Waals surface area contributed by atoms with Crippen LogP contribution >= 0.6 is 0 Å². The number of ether oxygens (including phenoxy) is 4. The SMILES string of the molecule is CC[C@H]1OC(=O)[C@H](C)[C@@H](O)[C@H](C)[C@@H](O[C@@H]2OC(C)C[C@H](N(C)C)[C@H]2OCCCN)[C@](C)(O)C[C@@H](C)CN(C)[C@H](C)[C@@H](O)[C@]1(C)O. The molecule has 0 bridgehead atoms. The second-order valence-corrected chi connectivity index (χ2v) is 14.6. The first-order valence-corrected chi connectivity index (χ1v) is 16.8. The summed E-state index contributed by atoms with van der Waals surface area (Å²) in [5.41, 5.74) is 2.53. The van der Waals surface area contributed by atoms with E-state index >= 15 is 0 Å². The van der Waals surface area contributed by atoms with E-state index in [1.165, 1.54) is 6.92 Å². The number of nitrogens with two attached hydrogens (primary N) is 1. The molecular weight excluding hydrogens is 582 g/mol. The van der Waals surface area contributed by atoms with Crippen LogP contribution in [0.15, 0.2) is 0 Å². The van der Waals surface area contributed by atoms with E-state index in [2.05, 4.69) is 4.90 Å². The molecule has 0 radical (unpaired) electrons. The van der Waals surface area contributed by atoms with E-state index in [0.29, 0.717) is 26.1 Å². The van der Waals surface area contributed by atoms with Crippen molar-refractivity contribution in [2.75, 3.05) is 40.8 Å². The van der Waals surface area contributed by atoms with Crippen molar-refractivity contribution in [3.05, 3.63) is 0 Å². The first kappa shape index (κ1) is 40.2. The molecule has 14 atom stereocenters. The van der Waals surface area contributed by atoms with Crippen molar-refractivity contribution < 1.29 is 44.2 Å². The predicted molar refractivity (Wildman–Crippen MR) is 172 cm³/mol. The van der Waals surface area contributed by atoms with Gasteiger partial charge in [-0.25, -0.2) is 0 Å². The van der Waals surface area contributed by atoms with Gasteiger partial charge in [-0.2, -0.15) is 0 Å². The number of likely N-dealkylation sites (N-methyl/N-ethyl adjacent to an activating group) is 2. The summed E-state index contributed by atoms with van der Waals surface area (Å²) in [6, 6.07) is -0.525. The Morgan fingerprint density at radius 1 is 1.11 bits per heavy atom. The lowest BCUT2D eigenvalue weighted by Gasteiger charge is -2.48. The minimum Gasteiger partial charge on any atom is -0.459 e. The van der Waals surface area contributed by atoms with E-state index in [-0.39, 0.29) is 30.9 Å². The number of hydrogen-bond acceptors (Lipinski definition) is 12. The van der Waals surface area contributed by atoms with Crippen LogP contribution in [0.1, 0.15) is 81.1 Å². The van der Waals surface area contributed by atoms with E-state index in [9.17, 15) is 25.2 Å². The monoisotopic (exact) mass is 647 g/mol. The normalized spacial score (nSPS) is 45.1. The number of cyclic esters (lactones) is 1. The largest absolute Gasteiger partial charge is 0.459 e. The van der Waals surface area contributed by atoms with Crippen molar-refractivity contribution >= 4 is 5.97 Å². The number of carbonyl (C=O) groups is 1. The highest BCUT2D eigenvalue weighted by atomic mass is 16.7. The number of esters is 1. The van der Waals surface area contributed by atoms with Gasteiger partial charge in [-0.15, -0.1) is 0 Å². The average Bonchev–Trinajstić information content (AvgIpc) is 2.95. The van der Waals surface area contributed by atoms with E-state index < -0.39 is 71.9 Å². The van der Waals surface area contributed by atoms with Crippen LogP contribution in [0.25, 0.3) is 0 Å². The second-order valence-electron chi connectivity index (χ2n) is 14.6. The molecule has 0 amide bonds. The number of aliphatic hydroxyl groups is 4. The Bertz CT molecular complexity index is 907. The summed E-state index contributed by atoms with van der Waals surface area (Å²) < 4.78 is 25.1. The molecule has 12 nitrogen and oxygen atoms in total. The van der Waals surface area contributed by atoms with Gasteiger partial charge in [-0.3, -0.25) is 4.79 Å². The Morgan fingerprint density at radius 3 is 2.29 bits per heavy atom. The molecule has 0 saturated carbocycles. The Kier molecular flexibility index (Phi) is 15.2. The zero-order valence-electron chi connectivity index (χ0n) is 29.7. The summed E-state index contributed by atoms with van der Waals surface area (Å²) in [6.45, 7) is 15.4. The molecule has 2 rings (SSSR count). The molecule has 2 aliphatic rings. The van der Waals surface area contributed by atoms with Gasteiger partial charge in [-0.05, 0) is 93.9 Å². The van der Waals surface area contributed by atoms with Crippen LogP contribution in [0.5, 0.6) is 0 Å². The number of carbonyl (C=O) groups excluding carboxylic acids is 1. The molecular formula is C33H65N3O9. The predicted octanol–water partition coefficient (Wildman–Crippen LogP) is 1.35. The minimum atomic E-state index is -1.74. The molecule has 0 aromatic heterocycles. The smallest absolute Gasteiger partial charge is 0.311 e. The average molecular weight is 648 g/mol. The summed E-state index contributed by atoms with van der Waals surface area (Å²) in [5, 5.41) is 46.5. The zero-order chi connectivity index (χ0) is 34.4. The van der Waals surface area contributed by atoms with Gasteiger partial charge in [0.05, 0.1) is 29.8 Å². The summed E-state index contributed by atoms with van der Waals surface area (Å²) in [7, 11) is 5.82. The molecule has 1 unspecified atom stereocenters. The van der Waals surface area contributed by atoms with Crippen molar-refractivity contribution in [2.45, 2.75) is 147 Å². The Balaban J connectivity index is 2.56. The van der Waals surface area contributed by atoms with Crippen LogP contribution in [0, 0.1) is 17.8 Å². The van der Waals surface area contributed by atoms with Crippen LogP contribution in [0.2, 0.25) is 0 Å². The number of aliphatic hydroxyl groups excluding tert-OH is 2. The Labute approximate surface area is 271 Å². The highest BCUT2D eigenvalue weighted by Crippen LogP contribution is 2.37. The minimum absolute atomic E-state index is 0.0304. The summed E-state index contributed by atoms with van der Waals surface area (Å²) in [4.78, 5) is 17.5. The van der Waals surface area contributed by atoms with E-state index in [4.69, 9.17) is 24.7 Å². The van der Waals surface area contributed by atoms with Gasteiger partial charge in [0.1, 0.15) is 23.9 Å². The van der Waals surface area contributed by atoms with Crippen LogP contribution in [0.3, 0.4) is 0 Å². The molecule has 45 heavy (non-hydrogen) atoms. The van der Waals surface area contributed by atoms with E-state index in [0.717, 1.165) is 6.42 Å². The van der Waals surface area contributed by atoms with Gasteiger partial charge >= 0.3 is 5.97 Å². The molecule has 266 valence electrons. The van der Waals surface area contributed by atoms with Crippen LogP contribution in [0.4, 0.5) is 0 Å². The van der Waals surface area contributed by atoms with E-state index in [1.807, 2.05) is 46.8 Å².